The number of carbonyl (C=O) groups is 2. The smallest absolute Gasteiger partial charge is 0.239 e. The zero-order valence-corrected chi connectivity index (χ0v) is 13.5. The summed E-state index contributed by atoms with van der Waals surface area (Å²) in [7, 11) is 0. The van der Waals surface area contributed by atoms with Gasteiger partial charge in [0, 0.05) is 10.8 Å². The Morgan fingerprint density at radius 3 is 2.57 bits per heavy atom. The number of amides is 2. The van der Waals surface area contributed by atoms with Crippen LogP contribution < -0.4 is 10.6 Å². The van der Waals surface area contributed by atoms with Gasteiger partial charge in [-0.25, -0.2) is 0 Å². The molecule has 2 rings (SSSR count). The fraction of sp³-hybridized carbons (Fsp3) is 0.625. The van der Waals surface area contributed by atoms with Gasteiger partial charge in [0.2, 0.25) is 11.8 Å². The molecule has 0 spiro atoms. The van der Waals surface area contributed by atoms with Crippen molar-refractivity contribution in [3.05, 3.63) is 22.4 Å². The second-order valence-electron chi connectivity index (χ2n) is 5.63. The quantitative estimate of drug-likeness (QED) is 0.776. The molecule has 2 amide bonds. The molecular formula is C16H24N2O2S. The number of nitrogens with one attached hydrogen (secondary N) is 2. The normalized spacial score (nSPS) is 15.8. The molecule has 2 N–H and O–H groups in total. The first-order valence-electron chi connectivity index (χ1n) is 7.76. The highest BCUT2D eigenvalue weighted by Crippen LogP contribution is 2.30. The molecule has 0 radical (unpaired) electrons. The minimum absolute atomic E-state index is 0.0142. The van der Waals surface area contributed by atoms with Crippen LogP contribution in [0.4, 0.5) is 0 Å². The molecule has 4 nitrogen and oxygen atoms in total. The summed E-state index contributed by atoms with van der Waals surface area (Å²) in [5.41, 5.74) is 0. The lowest BCUT2D eigenvalue weighted by Gasteiger charge is -2.25. The Kier molecular flexibility index (Phi) is 5.79. The van der Waals surface area contributed by atoms with E-state index in [1.54, 1.807) is 11.3 Å². The summed E-state index contributed by atoms with van der Waals surface area (Å²) >= 11 is 1.67. The average Bonchev–Trinajstić information content (AvgIpc) is 3.20. The van der Waals surface area contributed by atoms with E-state index in [9.17, 15) is 9.59 Å². The van der Waals surface area contributed by atoms with Crippen molar-refractivity contribution in [2.75, 3.05) is 6.54 Å². The van der Waals surface area contributed by atoms with Crippen LogP contribution in [0.5, 0.6) is 0 Å². The van der Waals surface area contributed by atoms with Gasteiger partial charge in [-0.2, -0.15) is 0 Å². The van der Waals surface area contributed by atoms with Crippen molar-refractivity contribution in [3.63, 3.8) is 0 Å². The van der Waals surface area contributed by atoms with Crippen LogP contribution in [0.25, 0.3) is 0 Å². The van der Waals surface area contributed by atoms with E-state index >= 15 is 0 Å². The molecule has 5 heteroatoms. The van der Waals surface area contributed by atoms with Crippen LogP contribution in [0, 0.1) is 11.8 Å². The summed E-state index contributed by atoms with van der Waals surface area (Å²) in [6, 6.07) is 4.12. The van der Waals surface area contributed by atoms with Crippen molar-refractivity contribution in [1.82, 2.24) is 10.6 Å². The van der Waals surface area contributed by atoms with Crippen molar-refractivity contribution in [1.29, 1.82) is 0 Å². The van der Waals surface area contributed by atoms with Gasteiger partial charge < -0.3 is 10.6 Å². The van der Waals surface area contributed by atoms with Gasteiger partial charge in [0.1, 0.15) is 0 Å². The maximum absolute atomic E-state index is 12.1. The second kappa shape index (κ2) is 7.59. The van der Waals surface area contributed by atoms with Gasteiger partial charge in [-0.3, -0.25) is 9.59 Å². The molecule has 0 aliphatic heterocycles. The van der Waals surface area contributed by atoms with Gasteiger partial charge in [-0.05, 0) is 30.2 Å². The predicted molar refractivity (Wildman–Crippen MR) is 85.0 cm³/mol. The highest BCUT2D eigenvalue weighted by atomic mass is 32.1. The van der Waals surface area contributed by atoms with E-state index in [1.165, 1.54) is 4.88 Å². The first-order valence-corrected chi connectivity index (χ1v) is 8.64. The van der Waals surface area contributed by atoms with Crippen molar-refractivity contribution >= 4 is 23.2 Å². The maximum atomic E-state index is 12.1. The van der Waals surface area contributed by atoms with Crippen molar-refractivity contribution in [2.24, 2.45) is 11.8 Å². The lowest BCUT2D eigenvalue weighted by molar-refractivity contribution is -0.127. The summed E-state index contributed by atoms with van der Waals surface area (Å²) in [5.74, 6) is 0.478. The van der Waals surface area contributed by atoms with E-state index < -0.39 is 0 Å². The number of thiophene rings is 1. The maximum Gasteiger partial charge on any atom is 0.239 e. The SMILES string of the molecule is CCC(CC)[C@@H](NC(=O)CNC(=O)C1CC1)c1cccs1. The third kappa shape index (κ3) is 4.56. The van der Waals surface area contributed by atoms with Gasteiger partial charge in [0.15, 0.2) is 0 Å². The van der Waals surface area contributed by atoms with E-state index in [0.29, 0.717) is 5.92 Å². The molecule has 1 aromatic rings. The lowest BCUT2D eigenvalue weighted by atomic mass is 9.93. The zero-order chi connectivity index (χ0) is 15.2. The Labute approximate surface area is 130 Å². The zero-order valence-electron chi connectivity index (χ0n) is 12.7. The molecule has 1 aliphatic carbocycles. The van der Waals surface area contributed by atoms with Crippen LogP contribution in [0.1, 0.15) is 50.4 Å². The molecule has 1 heterocycles. The van der Waals surface area contributed by atoms with Crippen LogP contribution in [-0.4, -0.2) is 18.4 Å². The van der Waals surface area contributed by atoms with Crippen LogP contribution in [0.3, 0.4) is 0 Å². The molecular weight excluding hydrogens is 284 g/mol. The van der Waals surface area contributed by atoms with Gasteiger partial charge in [0.25, 0.3) is 0 Å². The molecule has 116 valence electrons. The minimum Gasteiger partial charge on any atom is -0.347 e. The highest BCUT2D eigenvalue weighted by Gasteiger charge is 2.30. The summed E-state index contributed by atoms with van der Waals surface area (Å²) < 4.78 is 0. The standard InChI is InChI=1S/C16H24N2O2S/c1-3-11(4-2)15(13-6-5-9-21-13)18-14(19)10-17-16(20)12-7-8-12/h5-6,9,11-12,15H,3-4,7-8,10H2,1-2H3,(H,17,20)(H,18,19)/t15-/m1/s1. The van der Waals surface area contributed by atoms with Crippen LogP contribution in [0.15, 0.2) is 17.5 Å². The van der Waals surface area contributed by atoms with Crippen LogP contribution >= 0.6 is 11.3 Å². The number of carbonyl (C=O) groups excluding carboxylic acids is 2. The Balaban J connectivity index is 1.91. The summed E-state index contributed by atoms with van der Waals surface area (Å²) in [6.45, 7) is 4.38. The Morgan fingerprint density at radius 2 is 2.05 bits per heavy atom. The molecule has 1 fully saturated rings. The summed E-state index contributed by atoms with van der Waals surface area (Å²) in [5, 5.41) is 7.85. The second-order valence-corrected chi connectivity index (χ2v) is 6.61. The Bertz CT molecular complexity index is 465. The predicted octanol–water partition coefficient (Wildman–Crippen LogP) is 2.87. The third-order valence-corrected chi connectivity index (χ3v) is 5.01. The minimum atomic E-state index is -0.102. The van der Waals surface area contributed by atoms with Crippen molar-refractivity contribution in [3.8, 4) is 0 Å². The Hall–Kier alpha value is -1.36. The van der Waals surface area contributed by atoms with Crippen molar-refractivity contribution < 1.29 is 9.59 Å². The molecule has 1 aromatic heterocycles. The molecule has 0 saturated heterocycles. The van der Waals surface area contributed by atoms with Gasteiger partial charge >= 0.3 is 0 Å². The van der Waals surface area contributed by atoms with E-state index in [2.05, 4.69) is 30.5 Å². The summed E-state index contributed by atoms with van der Waals surface area (Å²) in [4.78, 5) is 24.9. The lowest BCUT2D eigenvalue weighted by Crippen LogP contribution is -2.40. The van der Waals surface area contributed by atoms with Crippen LogP contribution in [0.2, 0.25) is 0 Å². The van der Waals surface area contributed by atoms with E-state index in [4.69, 9.17) is 0 Å². The molecule has 1 aliphatic rings. The van der Waals surface area contributed by atoms with Crippen LogP contribution in [-0.2, 0) is 9.59 Å². The summed E-state index contributed by atoms with van der Waals surface area (Å²) in [6.07, 6.45) is 3.96. The molecule has 1 atom stereocenters. The number of hydrogen-bond acceptors (Lipinski definition) is 3. The van der Waals surface area contributed by atoms with Crippen molar-refractivity contribution in [2.45, 2.75) is 45.6 Å². The number of rotatable bonds is 8. The largest absolute Gasteiger partial charge is 0.347 e. The fourth-order valence-electron chi connectivity index (χ4n) is 2.53. The molecule has 21 heavy (non-hydrogen) atoms. The van der Waals surface area contributed by atoms with E-state index in [0.717, 1.165) is 25.7 Å². The first-order chi connectivity index (χ1) is 10.2. The monoisotopic (exact) mass is 308 g/mol. The van der Waals surface area contributed by atoms with Gasteiger partial charge in [-0.15, -0.1) is 11.3 Å². The first kappa shape index (κ1) is 16.0. The fourth-order valence-corrected chi connectivity index (χ4v) is 3.40. The molecule has 0 bridgehead atoms. The Morgan fingerprint density at radius 1 is 1.33 bits per heavy atom. The number of hydrogen-bond donors (Lipinski definition) is 2. The van der Waals surface area contributed by atoms with E-state index in [-0.39, 0.29) is 30.3 Å². The molecule has 0 aromatic carbocycles. The third-order valence-electron chi connectivity index (χ3n) is 4.06. The van der Waals surface area contributed by atoms with Gasteiger partial charge in [0.05, 0.1) is 12.6 Å². The topological polar surface area (TPSA) is 58.2 Å². The van der Waals surface area contributed by atoms with E-state index in [1.807, 2.05) is 11.4 Å². The highest BCUT2D eigenvalue weighted by molar-refractivity contribution is 7.10. The molecule has 1 saturated carbocycles. The van der Waals surface area contributed by atoms with Gasteiger partial charge in [-0.1, -0.05) is 32.8 Å². The average molecular weight is 308 g/mol. The molecule has 0 unspecified atom stereocenters.